The third-order valence-electron chi connectivity index (χ3n) is 2.33. The van der Waals surface area contributed by atoms with Gasteiger partial charge < -0.3 is 14.7 Å². The number of amides is 1. The maximum Gasteiger partial charge on any atom is 0.251 e. The van der Waals surface area contributed by atoms with E-state index in [1.807, 2.05) is 6.92 Å². The summed E-state index contributed by atoms with van der Waals surface area (Å²) in [5.41, 5.74) is 0. The van der Waals surface area contributed by atoms with E-state index >= 15 is 0 Å². The molecule has 1 rings (SSSR count). The zero-order valence-electron chi connectivity index (χ0n) is 8.19. The minimum absolute atomic E-state index is 0.171. The third-order valence-corrected chi connectivity index (χ3v) is 2.33. The van der Waals surface area contributed by atoms with Gasteiger partial charge in [0.2, 0.25) is 0 Å². The van der Waals surface area contributed by atoms with Gasteiger partial charge in [0.1, 0.15) is 6.10 Å². The predicted molar refractivity (Wildman–Crippen MR) is 48.3 cm³/mol. The molecule has 1 aliphatic heterocycles. The average molecular weight is 187 g/mol. The van der Waals surface area contributed by atoms with Crippen LogP contribution in [0.2, 0.25) is 0 Å². The van der Waals surface area contributed by atoms with Crippen molar-refractivity contribution in [1.82, 2.24) is 4.90 Å². The number of aliphatic hydroxyl groups excluding tert-OH is 1. The first-order valence-corrected chi connectivity index (χ1v) is 4.69. The van der Waals surface area contributed by atoms with Crippen LogP contribution >= 0.6 is 0 Å². The second-order valence-electron chi connectivity index (χ2n) is 3.46. The monoisotopic (exact) mass is 187 g/mol. The molecule has 76 valence electrons. The summed E-state index contributed by atoms with van der Waals surface area (Å²) in [6, 6.07) is 0.171. The van der Waals surface area contributed by atoms with Gasteiger partial charge in [-0.15, -0.1) is 0 Å². The Kier molecular flexibility index (Phi) is 3.69. The van der Waals surface area contributed by atoms with Gasteiger partial charge in [-0.3, -0.25) is 4.79 Å². The summed E-state index contributed by atoms with van der Waals surface area (Å²) in [6.07, 6.45) is -0.0566. The van der Waals surface area contributed by atoms with Crippen molar-refractivity contribution >= 4 is 5.91 Å². The van der Waals surface area contributed by atoms with Crippen molar-refractivity contribution in [2.24, 2.45) is 0 Å². The smallest absolute Gasteiger partial charge is 0.251 e. The Morgan fingerprint density at radius 1 is 1.62 bits per heavy atom. The Morgan fingerprint density at radius 2 is 2.31 bits per heavy atom. The van der Waals surface area contributed by atoms with Crippen molar-refractivity contribution in [3.8, 4) is 0 Å². The van der Waals surface area contributed by atoms with E-state index < -0.39 is 6.10 Å². The quantitative estimate of drug-likeness (QED) is 0.629. The van der Waals surface area contributed by atoms with Gasteiger partial charge in [0.15, 0.2) is 0 Å². The summed E-state index contributed by atoms with van der Waals surface area (Å²) in [5, 5.41) is 9.15. The van der Waals surface area contributed by atoms with Crippen LogP contribution in [0.1, 0.15) is 20.3 Å². The lowest BCUT2D eigenvalue weighted by molar-refractivity contribution is -0.141. The Balaban J connectivity index is 2.58. The normalized spacial score (nSPS) is 26.7. The van der Waals surface area contributed by atoms with Crippen LogP contribution in [0.4, 0.5) is 0 Å². The van der Waals surface area contributed by atoms with Crippen LogP contribution in [0.5, 0.6) is 0 Å². The summed E-state index contributed by atoms with van der Waals surface area (Å²) in [5.74, 6) is -0.196. The molecule has 0 radical (unpaired) electrons. The number of carbonyl (C=O) groups is 1. The van der Waals surface area contributed by atoms with Crippen molar-refractivity contribution in [2.75, 3.05) is 19.8 Å². The van der Waals surface area contributed by atoms with Crippen LogP contribution in [0.25, 0.3) is 0 Å². The van der Waals surface area contributed by atoms with Gasteiger partial charge in [-0.05, 0) is 20.3 Å². The fourth-order valence-corrected chi connectivity index (χ4v) is 1.46. The van der Waals surface area contributed by atoms with Gasteiger partial charge in [-0.25, -0.2) is 0 Å². The fraction of sp³-hybridized carbons (Fsp3) is 0.889. The van der Waals surface area contributed by atoms with E-state index in [2.05, 4.69) is 0 Å². The highest BCUT2D eigenvalue weighted by Gasteiger charge is 2.24. The Morgan fingerprint density at radius 3 is 2.92 bits per heavy atom. The molecular formula is C9H17NO3. The molecule has 13 heavy (non-hydrogen) atoms. The molecule has 4 nitrogen and oxygen atoms in total. The number of ether oxygens (including phenoxy) is 1. The zero-order chi connectivity index (χ0) is 9.84. The standard InChI is InChI=1S/C9H17NO3/c1-7-3-5-13-6-4-10(7)9(12)8(2)11/h7-8,11H,3-6H2,1-2H3/t7?,8-/m1/s1. The van der Waals surface area contributed by atoms with Crippen LogP contribution in [-0.2, 0) is 9.53 Å². The van der Waals surface area contributed by atoms with Gasteiger partial charge in [-0.2, -0.15) is 0 Å². The summed E-state index contributed by atoms with van der Waals surface area (Å²) in [4.78, 5) is 13.2. The second-order valence-corrected chi connectivity index (χ2v) is 3.46. The molecule has 1 amide bonds. The Bertz CT molecular complexity index is 182. The van der Waals surface area contributed by atoms with Crippen molar-refractivity contribution in [1.29, 1.82) is 0 Å². The maximum absolute atomic E-state index is 11.5. The lowest BCUT2D eigenvalue weighted by Crippen LogP contribution is -2.44. The number of rotatable bonds is 1. The van der Waals surface area contributed by atoms with E-state index in [1.165, 1.54) is 6.92 Å². The van der Waals surface area contributed by atoms with Gasteiger partial charge in [0.05, 0.1) is 6.61 Å². The Hall–Kier alpha value is -0.610. The van der Waals surface area contributed by atoms with Crippen molar-refractivity contribution in [2.45, 2.75) is 32.4 Å². The number of hydrogen-bond acceptors (Lipinski definition) is 3. The molecule has 1 heterocycles. The molecule has 0 aromatic rings. The lowest BCUT2D eigenvalue weighted by Gasteiger charge is -2.27. The van der Waals surface area contributed by atoms with Crippen molar-refractivity contribution < 1.29 is 14.6 Å². The number of nitrogens with zero attached hydrogens (tertiary/aromatic N) is 1. The van der Waals surface area contributed by atoms with Gasteiger partial charge >= 0.3 is 0 Å². The Labute approximate surface area is 78.5 Å². The first-order valence-electron chi connectivity index (χ1n) is 4.69. The highest BCUT2D eigenvalue weighted by molar-refractivity contribution is 5.80. The first kappa shape index (κ1) is 10.5. The van der Waals surface area contributed by atoms with Crippen LogP contribution in [0, 0.1) is 0 Å². The minimum atomic E-state index is -0.902. The molecule has 1 aliphatic rings. The third kappa shape index (κ3) is 2.67. The lowest BCUT2D eigenvalue weighted by atomic mass is 10.2. The second kappa shape index (κ2) is 4.58. The van der Waals surface area contributed by atoms with Crippen LogP contribution < -0.4 is 0 Å². The molecule has 0 aromatic carbocycles. The highest BCUT2D eigenvalue weighted by atomic mass is 16.5. The molecule has 1 fully saturated rings. The zero-order valence-corrected chi connectivity index (χ0v) is 8.19. The molecule has 0 aliphatic carbocycles. The topological polar surface area (TPSA) is 49.8 Å². The van der Waals surface area contributed by atoms with E-state index in [0.29, 0.717) is 19.8 Å². The SMILES string of the molecule is CC1CCOCCN1C(=O)[C@@H](C)O. The number of aliphatic hydroxyl groups is 1. The summed E-state index contributed by atoms with van der Waals surface area (Å²) in [6.45, 7) is 5.34. The van der Waals surface area contributed by atoms with Crippen molar-refractivity contribution in [3.63, 3.8) is 0 Å². The van der Waals surface area contributed by atoms with E-state index in [0.717, 1.165) is 6.42 Å². The first-order chi connectivity index (χ1) is 6.13. The van der Waals surface area contributed by atoms with Gasteiger partial charge in [0.25, 0.3) is 5.91 Å². The van der Waals surface area contributed by atoms with Gasteiger partial charge in [-0.1, -0.05) is 0 Å². The van der Waals surface area contributed by atoms with Crippen molar-refractivity contribution in [3.05, 3.63) is 0 Å². The molecular weight excluding hydrogens is 170 g/mol. The van der Waals surface area contributed by atoms with E-state index in [9.17, 15) is 4.79 Å². The summed E-state index contributed by atoms with van der Waals surface area (Å²) >= 11 is 0. The summed E-state index contributed by atoms with van der Waals surface area (Å²) < 4.78 is 5.25. The maximum atomic E-state index is 11.5. The van der Waals surface area contributed by atoms with Crippen LogP contribution in [-0.4, -0.2) is 47.8 Å². The fourth-order valence-electron chi connectivity index (χ4n) is 1.46. The molecule has 0 spiro atoms. The average Bonchev–Trinajstić information content (AvgIpc) is 2.28. The largest absolute Gasteiger partial charge is 0.384 e. The number of carbonyl (C=O) groups excluding carboxylic acids is 1. The van der Waals surface area contributed by atoms with E-state index in [-0.39, 0.29) is 11.9 Å². The predicted octanol–water partition coefficient (Wildman–Crippen LogP) is 0.00460. The van der Waals surface area contributed by atoms with E-state index in [1.54, 1.807) is 4.90 Å². The number of hydrogen-bond donors (Lipinski definition) is 1. The van der Waals surface area contributed by atoms with Crippen LogP contribution in [0.3, 0.4) is 0 Å². The molecule has 2 atom stereocenters. The molecule has 0 aromatic heterocycles. The molecule has 1 N–H and O–H groups in total. The van der Waals surface area contributed by atoms with Crippen LogP contribution in [0.15, 0.2) is 0 Å². The molecule has 0 bridgehead atoms. The van der Waals surface area contributed by atoms with E-state index in [4.69, 9.17) is 9.84 Å². The van der Waals surface area contributed by atoms with Gasteiger partial charge in [0, 0.05) is 19.2 Å². The molecule has 1 unspecified atom stereocenters. The highest BCUT2D eigenvalue weighted by Crippen LogP contribution is 2.09. The minimum Gasteiger partial charge on any atom is -0.384 e. The molecule has 0 saturated carbocycles. The summed E-state index contributed by atoms with van der Waals surface area (Å²) in [7, 11) is 0. The molecule has 4 heteroatoms. The molecule has 1 saturated heterocycles.